The molecule has 0 amide bonds. The number of sulfonamides is 1. The molecule has 0 aliphatic heterocycles. The summed E-state index contributed by atoms with van der Waals surface area (Å²) >= 11 is 0. The summed E-state index contributed by atoms with van der Waals surface area (Å²) in [4.78, 5) is 0. The average Bonchev–Trinajstić information content (AvgIpc) is 2.06. The second-order valence-corrected chi connectivity index (χ2v) is 4.42. The Hall–Kier alpha value is -1.27. The van der Waals surface area contributed by atoms with Gasteiger partial charge >= 0.3 is 0 Å². The van der Waals surface area contributed by atoms with Crippen LogP contribution in [0.25, 0.3) is 0 Å². The topological polar surface area (TPSA) is 89.6 Å². The van der Waals surface area contributed by atoms with Gasteiger partial charge in [0.1, 0.15) is 11.5 Å². The third-order valence-electron chi connectivity index (χ3n) is 1.63. The van der Waals surface area contributed by atoms with E-state index in [0.717, 1.165) is 0 Å². The summed E-state index contributed by atoms with van der Waals surface area (Å²) in [6.45, 7) is 0. The molecule has 78 valence electrons. The van der Waals surface area contributed by atoms with Gasteiger partial charge in [0.05, 0.1) is 12.9 Å². The molecule has 0 spiro atoms. The number of ether oxygens (including phenoxy) is 1. The first-order valence-corrected chi connectivity index (χ1v) is 5.50. The third-order valence-corrected chi connectivity index (χ3v) is 2.34. The maximum absolute atomic E-state index is 10.8. The number of hydrogen-bond donors (Lipinski definition) is 2. The lowest BCUT2D eigenvalue weighted by molar-refractivity contribution is 0.404. The van der Waals surface area contributed by atoms with Gasteiger partial charge < -0.3 is 9.84 Å². The molecule has 0 fully saturated rings. The van der Waals surface area contributed by atoms with Crippen molar-refractivity contribution in [1.29, 1.82) is 0 Å². The van der Waals surface area contributed by atoms with E-state index >= 15 is 0 Å². The molecule has 0 aliphatic rings. The molecule has 0 atom stereocenters. The number of phenolic OH excluding ortho intramolecular Hbond substituents is 1. The van der Waals surface area contributed by atoms with Crippen molar-refractivity contribution in [3.63, 3.8) is 0 Å². The number of aromatic hydroxyl groups is 1. The van der Waals surface area contributed by atoms with Crippen LogP contribution in [0.1, 0.15) is 5.56 Å². The molecule has 0 saturated heterocycles. The van der Waals surface area contributed by atoms with E-state index in [-0.39, 0.29) is 11.5 Å². The van der Waals surface area contributed by atoms with Gasteiger partial charge in [0.2, 0.25) is 10.0 Å². The highest BCUT2D eigenvalue weighted by molar-refractivity contribution is 7.88. The summed E-state index contributed by atoms with van der Waals surface area (Å²) in [5.41, 5.74) is 0.424. The van der Waals surface area contributed by atoms with E-state index < -0.39 is 10.0 Å². The summed E-state index contributed by atoms with van der Waals surface area (Å²) in [7, 11) is -2.19. The molecule has 1 aromatic rings. The van der Waals surface area contributed by atoms with Crippen LogP contribution in [0.5, 0.6) is 11.5 Å². The molecular formula is C8H11NO4S. The minimum atomic E-state index is -3.58. The maximum atomic E-state index is 10.8. The van der Waals surface area contributed by atoms with Crippen molar-refractivity contribution >= 4 is 10.0 Å². The standard InChI is InChI=1S/C8H11NO4S/c1-13-8-4-7(10)3-2-6(8)5-14(9,11)12/h2-4,10H,5H2,1H3,(H2,9,11,12). The summed E-state index contributed by atoms with van der Waals surface area (Å²) in [6, 6.07) is 4.17. The SMILES string of the molecule is COc1cc(O)ccc1CS(N)(=O)=O. The summed E-state index contributed by atoms with van der Waals surface area (Å²) in [5.74, 6) is 0.00949. The van der Waals surface area contributed by atoms with Crippen molar-refractivity contribution < 1.29 is 18.3 Å². The van der Waals surface area contributed by atoms with Crippen molar-refractivity contribution in [3.05, 3.63) is 23.8 Å². The fourth-order valence-corrected chi connectivity index (χ4v) is 1.74. The molecule has 0 bridgehead atoms. The van der Waals surface area contributed by atoms with Crippen LogP contribution in [-0.2, 0) is 15.8 Å². The molecule has 0 aromatic heterocycles. The number of phenols is 1. The second kappa shape index (κ2) is 3.85. The van der Waals surface area contributed by atoms with Crippen molar-refractivity contribution in [2.45, 2.75) is 5.75 Å². The second-order valence-electron chi connectivity index (χ2n) is 2.80. The molecule has 6 heteroatoms. The van der Waals surface area contributed by atoms with E-state index in [1.54, 1.807) is 0 Å². The zero-order chi connectivity index (χ0) is 10.8. The molecular weight excluding hydrogens is 206 g/mol. The molecule has 1 rings (SSSR count). The minimum absolute atomic E-state index is 0.0139. The fourth-order valence-electron chi connectivity index (χ4n) is 1.07. The Morgan fingerprint density at radius 2 is 2.14 bits per heavy atom. The quantitative estimate of drug-likeness (QED) is 0.756. The highest BCUT2D eigenvalue weighted by atomic mass is 32.2. The van der Waals surface area contributed by atoms with Crippen LogP contribution < -0.4 is 9.88 Å². The fraction of sp³-hybridized carbons (Fsp3) is 0.250. The highest BCUT2D eigenvalue weighted by Gasteiger charge is 2.10. The third kappa shape index (κ3) is 2.90. The number of nitrogens with two attached hydrogens (primary N) is 1. The van der Waals surface area contributed by atoms with Crippen molar-refractivity contribution in [3.8, 4) is 11.5 Å². The Bertz CT molecular complexity index is 427. The van der Waals surface area contributed by atoms with Gasteiger partial charge in [-0.25, -0.2) is 13.6 Å². The molecule has 0 unspecified atom stereocenters. The normalized spacial score (nSPS) is 11.3. The van der Waals surface area contributed by atoms with Gasteiger partial charge in [0, 0.05) is 11.6 Å². The van der Waals surface area contributed by atoms with E-state index in [9.17, 15) is 8.42 Å². The Balaban J connectivity index is 3.09. The summed E-state index contributed by atoms with van der Waals surface area (Å²) in [5, 5.41) is 14.0. The summed E-state index contributed by atoms with van der Waals surface area (Å²) in [6.07, 6.45) is 0. The molecule has 0 aliphatic carbocycles. The number of methoxy groups -OCH3 is 1. The lowest BCUT2D eigenvalue weighted by atomic mass is 10.2. The van der Waals surface area contributed by atoms with Gasteiger partial charge in [-0.15, -0.1) is 0 Å². The van der Waals surface area contributed by atoms with Crippen LogP contribution in [0.4, 0.5) is 0 Å². The van der Waals surface area contributed by atoms with E-state index in [2.05, 4.69) is 0 Å². The first-order valence-electron chi connectivity index (χ1n) is 3.79. The first kappa shape index (κ1) is 10.8. The minimum Gasteiger partial charge on any atom is -0.508 e. The molecule has 0 heterocycles. The zero-order valence-electron chi connectivity index (χ0n) is 7.60. The van der Waals surface area contributed by atoms with Crippen LogP contribution in [0.15, 0.2) is 18.2 Å². The number of hydrogen-bond acceptors (Lipinski definition) is 4. The Morgan fingerprint density at radius 1 is 1.50 bits per heavy atom. The van der Waals surface area contributed by atoms with Crippen LogP contribution in [0, 0.1) is 0 Å². The number of benzene rings is 1. The molecule has 0 saturated carbocycles. The van der Waals surface area contributed by atoms with Crippen molar-refractivity contribution in [2.75, 3.05) is 7.11 Å². The molecule has 3 N–H and O–H groups in total. The van der Waals surface area contributed by atoms with Gasteiger partial charge in [0.25, 0.3) is 0 Å². The van der Waals surface area contributed by atoms with Gasteiger partial charge in [-0.05, 0) is 6.07 Å². The van der Waals surface area contributed by atoms with Crippen molar-refractivity contribution in [2.24, 2.45) is 5.14 Å². The predicted octanol–water partition coefficient (Wildman–Crippen LogP) is 0.189. The molecule has 14 heavy (non-hydrogen) atoms. The molecule has 0 radical (unpaired) electrons. The Kier molecular flexibility index (Phi) is 2.97. The van der Waals surface area contributed by atoms with E-state index in [1.165, 1.54) is 25.3 Å². The van der Waals surface area contributed by atoms with Crippen molar-refractivity contribution in [1.82, 2.24) is 0 Å². The Labute approximate surface area is 82.2 Å². The van der Waals surface area contributed by atoms with Crippen LogP contribution in [0.2, 0.25) is 0 Å². The predicted molar refractivity (Wildman–Crippen MR) is 51.5 cm³/mol. The largest absolute Gasteiger partial charge is 0.508 e. The monoisotopic (exact) mass is 217 g/mol. The zero-order valence-corrected chi connectivity index (χ0v) is 8.41. The van der Waals surface area contributed by atoms with E-state index in [0.29, 0.717) is 11.3 Å². The first-order chi connectivity index (χ1) is 6.42. The smallest absolute Gasteiger partial charge is 0.213 e. The number of primary sulfonamides is 1. The average molecular weight is 217 g/mol. The summed E-state index contributed by atoms with van der Waals surface area (Å²) < 4.78 is 26.5. The van der Waals surface area contributed by atoms with Gasteiger partial charge in [0.15, 0.2) is 0 Å². The number of rotatable bonds is 3. The molecule has 1 aromatic carbocycles. The van der Waals surface area contributed by atoms with Gasteiger partial charge in [-0.1, -0.05) is 6.07 Å². The van der Waals surface area contributed by atoms with E-state index in [4.69, 9.17) is 15.0 Å². The van der Waals surface area contributed by atoms with Crippen LogP contribution >= 0.6 is 0 Å². The molecule has 5 nitrogen and oxygen atoms in total. The van der Waals surface area contributed by atoms with Crippen LogP contribution in [0.3, 0.4) is 0 Å². The lowest BCUT2D eigenvalue weighted by Crippen LogP contribution is -2.14. The van der Waals surface area contributed by atoms with Crippen LogP contribution in [-0.4, -0.2) is 20.6 Å². The highest BCUT2D eigenvalue weighted by Crippen LogP contribution is 2.24. The van der Waals surface area contributed by atoms with E-state index in [1.807, 2.05) is 0 Å². The lowest BCUT2D eigenvalue weighted by Gasteiger charge is -2.07. The van der Waals surface area contributed by atoms with Gasteiger partial charge in [-0.2, -0.15) is 0 Å². The Morgan fingerprint density at radius 3 is 2.64 bits per heavy atom. The maximum Gasteiger partial charge on any atom is 0.213 e. The van der Waals surface area contributed by atoms with Gasteiger partial charge in [-0.3, -0.25) is 0 Å².